The second kappa shape index (κ2) is 10.4. The normalized spacial score (nSPS) is 19.7. The maximum absolute atomic E-state index is 12.7. The standard InChI is InChI=1S/C26H37N9O3/c1-26(2,28)23(36)32-9-11-33(12-10-32)24(37)29-22-7-8-35(25(38)30-22)20-5-3-18(4-6-20)13-31-16-21(17-31)34-14-19(27)15-34/h3-8,19,21H,9-17,27-28H2,1-2H3,(H,29,30,37,38). The van der Waals surface area contributed by atoms with Gasteiger partial charge in [0.15, 0.2) is 0 Å². The molecule has 204 valence electrons. The lowest BCUT2D eigenvalue weighted by molar-refractivity contribution is -0.137. The van der Waals surface area contributed by atoms with Crippen molar-refractivity contribution in [2.24, 2.45) is 11.5 Å². The molecule has 1 aromatic carbocycles. The Morgan fingerprint density at radius 2 is 1.63 bits per heavy atom. The molecule has 0 unspecified atom stereocenters. The number of benzene rings is 1. The first-order valence-corrected chi connectivity index (χ1v) is 13.1. The molecule has 0 radical (unpaired) electrons. The number of hydrogen-bond donors (Lipinski definition) is 3. The van der Waals surface area contributed by atoms with Crippen molar-refractivity contribution in [2.45, 2.75) is 38.0 Å². The fourth-order valence-corrected chi connectivity index (χ4v) is 5.15. The molecule has 38 heavy (non-hydrogen) atoms. The van der Waals surface area contributed by atoms with Crippen molar-refractivity contribution in [3.8, 4) is 5.69 Å². The van der Waals surface area contributed by atoms with Gasteiger partial charge >= 0.3 is 11.7 Å². The van der Waals surface area contributed by atoms with Gasteiger partial charge in [-0.1, -0.05) is 12.1 Å². The Hall–Kier alpha value is -3.32. The topological polar surface area (TPSA) is 146 Å². The molecule has 0 saturated carbocycles. The predicted molar refractivity (Wildman–Crippen MR) is 144 cm³/mol. The van der Waals surface area contributed by atoms with Crippen LogP contribution in [0.5, 0.6) is 0 Å². The van der Waals surface area contributed by atoms with E-state index in [1.54, 1.807) is 35.9 Å². The number of carbonyl (C=O) groups excluding carboxylic acids is 2. The Morgan fingerprint density at radius 3 is 2.21 bits per heavy atom. The summed E-state index contributed by atoms with van der Waals surface area (Å²) in [5.74, 6) is 0.0442. The zero-order chi connectivity index (χ0) is 27.0. The van der Waals surface area contributed by atoms with Crippen LogP contribution in [0.1, 0.15) is 19.4 Å². The monoisotopic (exact) mass is 523 g/mol. The molecule has 0 aliphatic carbocycles. The lowest BCUT2D eigenvalue weighted by Crippen LogP contribution is -2.68. The third kappa shape index (κ3) is 5.73. The third-order valence-corrected chi connectivity index (χ3v) is 7.46. The average molecular weight is 524 g/mol. The molecule has 0 atom stereocenters. The lowest BCUT2D eigenvalue weighted by atomic mass is 9.99. The average Bonchev–Trinajstić information content (AvgIpc) is 2.84. The first-order valence-electron chi connectivity index (χ1n) is 13.1. The van der Waals surface area contributed by atoms with Gasteiger partial charge in [-0.15, -0.1) is 0 Å². The van der Waals surface area contributed by atoms with Gasteiger partial charge in [-0.3, -0.25) is 24.5 Å². The maximum Gasteiger partial charge on any atom is 0.354 e. The van der Waals surface area contributed by atoms with Crippen LogP contribution in [0, 0.1) is 0 Å². The van der Waals surface area contributed by atoms with Gasteiger partial charge < -0.3 is 21.3 Å². The van der Waals surface area contributed by atoms with E-state index >= 15 is 0 Å². The van der Waals surface area contributed by atoms with E-state index in [1.807, 2.05) is 24.3 Å². The first-order chi connectivity index (χ1) is 18.1. The summed E-state index contributed by atoms with van der Waals surface area (Å²) in [6, 6.07) is 10.1. The van der Waals surface area contributed by atoms with Crippen LogP contribution in [0.25, 0.3) is 5.69 Å². The first kappa shape index (κ1) is 26.3. The Labute approximate surface area is 222 Å². The van der Waals surface area contributed by atoms with Crippen molar-refractivity contribution in [3.63, 3.8) is 0 Å². The van der Waals surface area contributed by atoms with Crippen molar-refractivity contribution < 1.29 is 9.59 Å². The number of amides is 3. The second-order valence-corrected chi connectivity index (χ2v) is 11.1. The molecule has 3 saturated heterocycles. The van der Waals surface area contributed by atoms with Crippen LogP contribution >= 0.6 is 0 Å². The molecule has 3 aliphatic heterocycles. The third-order valence-electron chi connectivity index (χ3n) is 7.46. The van der Waals surface area contributed by atoms with Gasteiger partial charge in [0, 0.05) is 77.2 Å². The van der Waals surface area contributed by atoms with Crippen LogP contribution in [-0.2, 0) is 11.3 Å². The van der Waals surface area contributed by atoms with Crippen molar-refractivity contribution in [1.29, 1.82) is 0 Å². The molecule has 12 heteroatoms. The molecule has 1 aromatic heterocycles. The molecule has 5 rings (SSSR count). The van der Waals surface area contributed by atoms with Crippen molar-refractivity contribution in [1.82, 2.24) is 29.2 Å². The number of anilines is 1. The zero-order valence-electron chi connectivity index (χ0n) is 22.0. The number of aromatic nitrogens is 2. The lowest BCUT2D eigenvalue weighted by Gasteiger charge is -2.51. The maximum atomic E-state index is 12.7. The Bertz CT molecular complexity index is 1220. The van der Waals surface area contributed by atoms with Gasteiger partial charge in [-0.25, -0.2) is 9.59 Å². The van der Waals surface area contributed by atoms with Crippen molar-refractivity contribution >= 4 is 17.8 Å². The van der Waals surface area contributed by atoms with E-state index in [2.05, 4.69) is 20.1 Å². The number of nitrogens with zero attached hydrogens (tertiary/aromatic N) is 6. The summed E-state index contributed by atoms with van der Waals surface area (Å²) >= 11 is 0. The minimum atomic E-state index is -0.945. The number of carbonyl (C=O) groups is 2. The van der Waals surface area contributed by atoms with Gasteiger partial charge in [0.1, 0.15) is 5.82 Å². The SMILES string of the molecule is CC(C)(N)C(=O)N1CCN(C(=O)Nc2ccn(-c3ccc(CN4CC(N5CC(N)C5)C4)cc3)c(=O)n2)CC1. The number of piperazine rings is 1. The zero-order valence-corrected chi connectivity index (χ0v) is 22.0. The van der Waals surface area contributed by atoms with E-state index in [0.717, 1.165) is 32.7 Å². The number of hydrogen-bond acceptors (Lipinski definition) is 8. The Balaban J connectivity index is 1.12. The summed E-state index contributed by atoms with van der Waals surface area (Å²) in [4.78, 5) is 49.9. The fourth-order valence-electron chi connectivity index (χ4n) is 5.15. The minimum absolute atomic E-state index is 0.141. The summed E-state index contributed by atoms with van der Waals surface area (Å²) in [6.45, 7) is 9.91. The molecule has 5 N–H and O–H groups in total. The fraction of sp³-hybridized carbons (Fsp3) is 0.538. The molecule has 0 spiro atoms. The van der Waals surface area contributed by atoms with Crippen LogP contribution < -0.4 is 22.5 Å². The highest BCUT2D eigenvalue weighted by Crippen LogP contribution is 2.22. The highest BCUT2D eigenvalue weighted by atomic mass is 16.2. The number of nitrogens with two attached hydrogens (primary N) is 2. The molecular formula is C26H37N9O3. The predicted octanol–water partition coefficient (Wildman–Crippen LogP) is -0.527. The summed E-state index contributed by atoms with van der Waals surface area (Å²) in [6.07, 6.45) is 1.61. The Kier molecular flexibility index (Phi) is 7.23. The van der Waals surface area contributed by atoms with Crippen LogP contribution in [0.4, 0.5) is 10.6 Å². The molecule has 2 aromatic rings. The minimum Gasteiger partial charge on any atom is -0.338 e. The van der Waals surface area contributed by atoms with Crippen LogP contribution in [0.3, 0.4) is 0 Å². The van der Waals surface area contributed by atoms with Gasteiger partial charge in [-0.05, 0) is 37.6 Å². The smallest absolute Gasteiger partial charge is 0.338 e. The molecule has 3 fully saturated rings. The largest absolute Gasteiger partial charge is 0.354 e. The summed E-state index contributed by atoms with van der Waals surface area (Å²) in [5.41, 5.74) is 12.3. The highest BCUT2D eigenvalue weighted by Gasteiger charge is 2.37. The number of rotatable bonds is 6. The van der Waals surface area contributed by atoms with Crippen molar-refractivity contribution in [3.05, 3.63) is 52.6 Å². The molecular weight excluding hydrogens is 486 g/mol. The molecule has 0 bridgehead atoms. The quantitative estimate of drug-likeness (QED) is 0.458. The van der Waals surface area contributed by atoms with Gasteiger partial charge in [0.05, 0.1) is 11.2 Å². The van der Waals surface area contributed by atoms with Gasteiger partial charge in [-0.2, -0.15) is 4.98 Å². The molecule has 12 nitrogen and oxygen atoms in total. The summed E-state index contributed by atoms with van der Waals surface area (Å²) in [5, 5.41) is 2.69. The van der Waals surface area contributed by atoms with Crippen LogP contribution in [0.15, 0.2) is 41.3 Å². The van der Waals surface area contributed by atoms with E-state index in [0.29, 0.717) is 44.0 Å². The second-order valence-electron chi connectivity index (χ2n) is 11.1. The van der Waals surface area contributed by atoms with Crippen molar-refractivity contribution in [2.75, 3.05) is 57.7 Å². The van der Waals surface area contributed by atoms with E-state index < -0.39 is 11.2 Å². The summed E-state index contributed by atoms with van der Waals surface area (Å²) < 4.78 is 1.45. The summed E-state index contributed by atoms with van der Waals surface area (Å²) in [7, 11) is 0. The van der Waals surface area contributed by atoms with Gasteiger partial charge in [0.25, 0.3) is 0 Å². The molecule has 3 amide bonds. The van der Waals surface area contributed by atoms with Crippen LogP contribution in [-0.4, -0.2) is 111 Å². The van der Waals surface area contributed by atoms with Gasteiger partial charge in [0.2, 0.25) is 5.91 Å². The van der Waals surface area contributed by atoms with Crippen LogP contribution in [0.2, 0.25) is 0 Å². The Morgan fingerprint density at radius 1 is 1.00 bits per heavy atom. The number of nitrogens with one attached hydrogen (secondary N) is 1. The van der Waals surface area contributed by atoms with E-state index in [4.69, 9.17) is 11.5 Å². The number of urea groups is 1. The van der Waals surface area contributed by atoms with E-state index in [1.165, 1.54) is 10.1 Å². The highest BCUT2D eigenvalue weighted by molar-refractivity contribution is 5.89. The number of likely N-dealkylation sites (tertiary alicyclic amines) is 2. The van der Waals surface area contributed by atoms with E-state index in [9.17, 15) is 14.4 Å². The molecule has 3 aliphatic rings. The van der Waals surface area contributed by atoms with E-state index in [-0.39, 0.29) is 17.8 Å². The molecule has 4 heterocycles.